The van der Waals surface area contributed by atoms with Gasteiger partial charge in [-0.15, -0.1) is 0 Å². The van der Waals surface area contributed by atoms with Gasteiger partial charge in [0.15, 0.2) is 0 Å². The van der Waals surface area contributed by atoms with E-state index in [2.05, 4.69) is 17.6 Å². The molecule has 0 radical (unpaired) electrons. The molecule has 0 bridgehead atoms. The number of imide groups is 1. The molecule has 2 N–H and O–H groups in total. The number of piperidine rings is 1. The van der Waals surface area contributed by atoms with Gasteiger partial charge in [0.1, 0.15) is 12.1 Å². The quantitative estimate of drug-likeness (QED) is 0.607. The van der Waals surface area contributed by atoms with Crippen LogP contribution >= 0.6 is 0 Å². The summed E-state index contributed by atoms with van der Waals surface area (Å²) in [7, 11) is 0. The predicted octanol–water partition coefficient (Wildman–Crippen LogP) is 4.53. The minimum absolute atomic E-state index is 0.0342. The summed E-state index contributed by atoms with van der Waals surface area (Å²) in [5, 5.41) is 5.32. The topological polar surface area (TPSA) is 81.8 Å². The molecule has 0 unspecified atom stereocenters. The van der Waals surface area contributed by atoms with Crippen LogP contribution in [0.25, 0.3) is 0 Å². The Balaban J connectivity index is 1.50. The second kappa shape index (κ2) is 9.46. The number of alkyl halides is 3. The molecule has 2 saturated heterocycles. The summed E-state index contributed by atoms with van der Waals surface area (Å²) >= 11 is 0. The van der Waals surface area contributed by atoms with E-state index in [0.29, 0.717) is 37.5 Å². The Labute approximate surface area is 197 Å². The average molecular weight is 481 g/mol. The normalized spacial score (nSPS) is 25.6. The van der Waals surface area contributed by atoms with E-state index >= 15 is 0 Å². The van der Waals surface area contributed by atoms with E-state index < -0.39 is 41.7 Å². The Kier molecular flexibility index (Phi) is 6.78. The van der Waals surface area contributed by atoms with Crippen molar-refractivity contribution in [3.05, 3.63) is 23.8 Å². The number of hydrogen-bond acceptors (Lipinski definition) is 4. The van der Waals surface area contributed by atoms with Gasteiger partial charge in [-0.05, 0) is 69.1 Å². The Morgan fingerprint density at radius 3 is 2.44 bits per heavy atom. The van der Waals surface area contributed by atoms with E-state index in [0.717, 1.165) is 55.6 Å². The maximum Gasteiger partial charge on any atom is 0.416 e. The fourth-order valence-corrected chi connectivity index (χ4v) is 5.29. The zero-order valence-corrected chi connectivity index (χ0v) is 19.3. The maximum absolute atomic E-state index is 13.3. The van der Waals surface area contributed by atoms with Crippen LogP contribution in [0.2, 0.25) is 0 Å². The highest BCUT2D eigenvalue weighted by Gasteiger charge is 2.52. The van der Waals surface area contributed by atoms with Crippen LogP contribution in [0, 0.1) is 5.92 Å². The van der Waals surface area contributed by atoms with E-state index in [4.69, 9.17) is 0 Å². The number of rotatable bonds is 5. The molecule has 1 aromatic carbocycles. The van der Waals surface area contributed by atoms with Crippen LogP contribution in [0.5, 0.6) is 0 Å². The SMILES string of the molecule is CCC1CCC2(CC1)NC(=O)N(CC(=O)Nc1cc(C(F)(F)F)ccc1N1CCCCC1)C2=O. The number of amides is 4. The second-order valence-corrected chi connectivity index (χ2v) is 9.58. The zero-order valence-electron chi connectivity index (χ0n) is 19.3. The van der Waals surface area contributed by atoms with Crippen molar-refractivity contribution in [2.75, 3.05) is 29.9 Å². The van der Waals surface area contributed by atoms with Crippen molar-refractivity contribution in [3.63, 3.8) is 0 Å². The zero-order chi connectivity index (χ0) is 24.5. The monoisotopic (exact) mass is 480 g/mol. The van der Waals surface area contributed by atoms with Crippen molar-refractivity contribution in [1.82, 2.24) is 10.2 Å². The molecule has 3 fully saturated rings. The van der Waals surface area contributed by atoms with Crippen LogP contribution in [0.4, 0.5) is 29.3 Å². The molecular weight excluding hydrogens is 449 g/mol. The third-order valence-corrected chi connectivity index (χ3v) is 7.38. The van der Waals surface area contributed by atoms with Gasteiger partial charge in [-0.1, -0.05) is 13.3 Å². The van der Waals surface area contributed by atoms with Crippen LogP contribution in [-0.2, 0) is 15.8 Å². The van der Waals surface area contributed by atoms with Gasteiger partial charge in [-0.25, -0.2) is 4.79 Å². The molecule has 1 saturated carbocycles. The third kappa shape index (κ3) is 4.86. The summed E-state index contributed by atoms with van der Waals surface area (Å²) in [6.45, 7) is 2.92. The fraction of sp³-hybridized carbons (Fsp3) is 0.625. The Hall–Kier alpha value is -2.78. The fourth-order valence-electron chi connectivity index (χ4n) is 5.29. The van der Waals surface area contributed by atoms with Gasteiger partial charge in [0.2, 0.25) is 5.91 Å². The molecule has 7 nitrogen and oxygen atoms in total. The summed E-state index contributed by atoms with van der Waals surface area (Å²) in [5.74, 6) is -0.621. The lowest BCUT2D eigenvalue weighted by atomic mass is 9.75. The molecule has 1 aliphatic carbocycles. The van der Waals surface area contributed by atoms with Gasteiger partial charge >= 0.3 is 12.2 Å². The van der Waals surface area contributed by atoms with E-state index in [-0.39, 0.29) is 5.69 Å². The van der Waals surface area contributed by atoms with Gasteiger partial charge in [-0.2, -0.15) is 13.2 Å². The van der Waals surface area contributed by atoms with Crippen molar-refractivity contribution < 1.29 is 27.6 Å². The minimum atomic E-state index is -4.56. The average Bonchev–Trinajstić information content (AvgIpc) is 3.03. The molecule has 2 heterocycles. The molecule has 186 valence electrons. The van der Waals surface area contributed by atoms with Crippen LogP contribution in [-0.4, -0.2) is 47.9 Å². The number of nitrogens with one attached hydrogen (secondary N) is 2. The van der Waals surface area contributed by atoms with Crippen LogP contribution in [0.15, 0.2) is 18.2 Å². The number of urea groups is 1. The van der Waals surface area contributed by atoms with Gasteiger partial charge < -0.3 is 15.5 Å². The van der Waals surface area contributed by atoms with Crippen molar-refractivity contribution in [2.45, 2.75) is 70.0 Å². The highest BCUT2D eigenvalue weighted by molar-refractivity contribution is 6.10. The van der Waals surface area contributed by atoms with Crippen LogP contribution < -0.4 is 15.5 Å². The van der Waals surface area contributed by atoms with Gasteiger partial charge in [0, 0.05) is 13.1 Å². The summed E-state index contributed by atoms with van der Waals surface area (Å²) in [6.07, 6.45) is 2.04. The molecule has 3 aliphatic rings. The molecule has 4 rings (SSSR count). The number of nitrogens with zero attached hydrogens (tertiary/aromatic N) is 2. The molecule has 0 aromatic heterocycles. The Morgan fingerprint density at radius 2 is 1.82 bits per heavy atom. The number of anilines is 2. The van der Waals surface area contributed by atoms with Crippen LogP contribution in [0.3, 0.4) is 0 Å². The molecule has 10 heteroatoms. The minimum Gasteiger partial charge on any atom is -0.370 e. The van der Waals surface area contributed by atoms with Crippen molar-refractivity contribution in [1.29, 1.82) is 0 Å². The number of halogens is 3. The molecule has 34 heavy (non-hydrogen) atoms. The molecule has 4 amide bonds. The van der Waals surface area contributed by atoms with Crippen molar-refractivity contribution in [3.8, 4) is 0 Å². The van der Waals surface area contributed by atoms with Gasteiger partial charge in [-0.3, -0.25) is 14.5 Å². The van der Waals surface area contributed by atoms with Gasteiger partial charge in [0.25, 0.3) is 5.91 Å². The Morgan fingerprint density at radius 1 is 1.15 bits per heavy atom. The highest BCUT2D eigenvalue weighted by atomic mass is 19.4. The number of carbonyl (C=O) groups is 3. The predicted molar refractivity (Wildman–Crippen MR) is 121 cm³/mol. The highest BCUT2D eigenvalue weighted by Crippen LogP contribution is 2.38. The lowest BCUT2D eigenvalue weighted by molar-refractivity contribution is -0.137. The summed E-state index contributed by atoms with van der Waals surface area (Å²) < 4.78 is 40.0. The standard InChI is InChI=1S/C24H31F3N4O3/c1-2-16-8-10-23(11-9-16)21(33)31(22(34)29-23)15-20(32)28-18-14-17(24(25,26)27)6-7-19(18)30-12-4-3-5-13-30/h6-7,14,16H,2-5,8-13,15H2,1H3,(H,28,32)(H,29,34). The number of hydrogen-bond donors (Lipinski definition) is 2. The first-order chi connectivity index (χ1) is 16.1. The largest absolute Gasteiger partial charge is 0.416 e. The first kappa shape index (κ1) is 24.3. The van der Waals surface area contributed by atoms with Crippen LogP contribution in [0.1, 0.15) is 63.9 Å². The Bertz CT molecular complexity index is 951. The lowest BCUT2D eigenvalue weighted by Gasteiger charge is -2.34. The summed E-state index contributed by atoms with van der Waals surface area (Å²) in [5.41, 5.74) is -1.30. The smallest absolute Gasteiger partial charge is 0.370 e. The number of benzene rings is 1. The molecule has 1 spiro atoms. The summed E-state index contributed by atoms with van der Waals surface area (Å²) in [4.78, 5) is 41.3. The van der Waals surface area contributed by atoms with E-state index in [9.17, 15) is 27.6 Å². The summed E-state index contributed by atoms with van der Waals surface area (Å²) in [6, 6.07) is 2.67. The molecular formula is C24H31F3N4O3. The molecule has 0 atom stereocenters. The first-order valence-corrected chi connectivity index (χ1v) is 12.0. The number of carbonyl (C=O) groups excluding carboxylic acids is 3. The first-order valence-electron chi connectivity index (χ1n) is 12.0. The van der Waals surface area contributed by atoms with E-state index in [1.807, 2.05) is 4.90 Å². The lowest BCUT2D eigenvalue weighted by Crippen LogP contribution is -2.49. The van der Waals surface area contributed by atoms with Crippen molar-refractivity contribution >= 4 is 29.2 Å². The molecule has 1 aromatic rings. The maximum atomic E-state index is 13.3. The molecule has 2 aliphatic heterocycles. The van der Waals surface area contributed by atoms with E-state index in [1.165, 1.54) is 6.07 Å². The van der Waals surface area contributed by atoms with Gasteiger partial charge in [0.05, 0.1) is 16.9 Å². The van der Waals surface area contributed by atoms with Crippen molar-refractivity contribution in [2.24, 2.45) is 5.92 Å². The van der Waals surface area contributed by atoms with E-state index in [1.54, 1.807) is 0 Å². The second-order valence-electron chi connectivity index (χ2n) is 9.58. The third-order valence-electron chi connectivity index (χ3n) is 7.38.